The van der Waals surface area contributed by atoms with Gasteiger partial charge in [-0.3, -0.25) is 4.79 Å². The summed E-state index contributed by atoms with van der Waals surface area (Å²) in [7, 11) is 0. The van der Waals surface area contributed by atoms with Crippen LogP contribution in [0.2, 0.25) is 5.02 Å². The number of carbonyl (C=O) groups is 1. The Bertz CT molecular complexity index is 1060. The molecular weight excluding hydrogens is 412 g/mol. The molecule has 2 aromatic carbocycles. The molecule has 2 aliphatic rings. The SMILES string of the molecule is O=C(Cc1ccc2c(c1)OCO2)N1CCC(Oc2nc3c(Cl)cccc3s2)CC1. The Kier molecular flexibility index (Phi) is 4.93. The quantitative estimate of drug-likeness (QED) is 0.617. The first-order valence-electron chi connectivity index (χ1n) is 9.54. The van der Waals surface area contributed by atoms with Gasteiger partial charge in [0.05, 0.1) is 16.1 Å². The van der Waals surface area contributed by atoms with E-state index < -0.39 is 0 Å². The number of amides is 1. The van der Waals surface area contributed by atoms with Crippen molar-refractivity contribution >= 4 is 39.1 Å². The number of benzene rings is 2. The summed E-state index contributed by atoms with van der Waals surface area (Å²) >= 11 is 7.70. The molecular formula is C21H19ClN2O4S. The number of ether oxygens (including phenoxy) is 3. The van der Waals surface area contributed by atoms with Crippen molar-refractivity contribution in [1.82, 2.24) is 9.88 Å². The molecule has 3 aromatic rings. The molecule has 8 heteroatoms. The topological polar surface area (TPSA) is 60.9 Å². The molecule has 29 heavy (non-hydrogen) atoms. The molecule has 0 aliphatic carbocycles. The van der Waals surface area contributed by atoms with Crippen LogP contribution in [0.5, 0.6) is 16.7 Å². The third-order valence-corrected chi connectivity index (χ3v) is 6.42. The number of rotatable bonds is 4. The standard InChI is InChI=1S/C21H19ClN2O4S/c22-15-2-1-3-18-20(15)23-21(29-18)28-14-6-8-24(9-7-14)19(25)11-13-4-5-16-17(10-13)27-12-26-16/h1-5,10,14H,6-9,11-12H2. The van der Waals surface area contributed by atoms with Gasteiger partial charge in [0.2, 0.25) is 12.7 Å². The first-order valence-corrected chi connectivity index (χ1v) is 10.7. The Morgan fingerprint density at radius 3 is 2.86 bits per heavy atom. The van der Waals surface area contributed by atoms with Gasteiger partial charge in [-0.05, 0) is 29.8 Å². The van der Waals surface area contributed by atoms with Crippen molar-refractivity contribution in [2.45, 2.75) is 25.4 Å². The lowest BCUT2D eigenvalue weighted by Crippen LogP contribution is -2.42. The van der Waals surface area contributed by atoms with Crippen LogP contribution in [0.1, 0.15) is 18.4 Å². The second-order valence-corrected chi connectivity index (χ2v) is 8.53. The number of fused-ring (bicyclic) bond motifs is 2. The lowest BCUT2D eigenvalue weighted by atomic mass is 10.1. The number of hydrogen-bond donors (Lipinski definition) is 0. The zero-order valence-corrected chi connectivity index (χ0v) is 17.2. The smallest absolute Gasteiger partial charge is 0.274 e. The van der Waals surface area contributed by atoms with Crippen molar-refractivity contribution in [3.05, 3.63) is 47.0 Å². The molecule has 1 amide bonds. The minimum atomic E-state index is 0.0592. The van der Waals surface area contributed by atoms with E-state index >= 15 is 0 Å². The van der Waals surface area contributed by atoms with Crippen LogP contribution in [0.3, 0.4) is 0 Å². The third-order valence-electron chi connectivity index (χ3n) is 5.20. The van der Waals surface area contributed by atoms with Crippen molar-refractivity contribution in [2.75, 3.05) is 19.9 Å². The van der Waals surface area contributed by atoms with E-state index in [0.29, 0.717) is 35.5 Å². The number of carbonyl (C=O) groups excluding carboxylic acids is 1. The van der Waals surface area contributed by atoms with Gasteiger partial charge in [-0.15, -0.1) is 0 Å². The van der Waals surface area contributed by atoms with E-state index in [9.17, 15) is 4.79 Å². The number of piperidine rings is 1. The van der Waals surface area contributed by atoms with Crippen LogP contribution in [0.25, 0.3) is 10.2 Å². The van der Waals surface area contributed by atoms with Gasteiger partial charge in [-0.1, -0.05) is 35.1 Å². The van der Waals surface area contributed by atoms with E-state index in [-0.39, 0.29) is 18.8 Å². The Morgan fingerprint density at radius 1 is 1.21 bits per heavy atom. The summed E-state index contributed by atoms with van der Waals surface area (Å²) in [6.07, 6.45) is 2.00. The summed E-state index contributed by atoms with van der Waals surface area (Å²) in [5.41, 5.74) is 1.72. The van der Waals surface area contributed by atoms with Gasteiger partial charge in [0.1, 0.15) is 11.6 Å². The van der Waals surface area contributed by atoms with Crippen molar-refractivity contribution < 1.29 is 19.0 Å². The molecule has 6 nitrogen and oxygen atoms in total. The highest BCUT2D eigenvalue weighted by Crippen LogP contribution is 2.34. The van der Waals surface area contributed by atoms with Crippen molar-refractivity contribution in [2.24, 2.45) is 0 Å². The van der Waals surface area contributed by atoms with Gasteiger partial charge in [0.15, 0.2) is 11.5 Å². The highest BCUT2D eigenvalue weighted by molar-refractivity contribution is 7.20. The minimum absolute atomic E-state index is 0.0592. The van der Waals surface area contributed by atoms with Crippen LogP contribution < -0.4 is 14.2 Å². The largest absolute Gasteiger partial charge is 0.467 e. The molecule has 5 rings (SSSR count). The lowest BCUT2D eigenvalue weighted by molar-refractivity contribution is -0.132. The summed E-state index contributed by atoms with van der Waals surface area (Å²) in [6, 6.07) is 11.4. The molecule has 0 saturated carbocycles. The number of hydrogen-bond acceptors (Lipinski definition) is 6. The lowest BCUT2D eigenvalue weighted by Gasteiger charge is -2.31. The van der Waals surface area contributed by atoms with E-state index in [2.05, 4.69) is 4.98 Å². The predicted molar refractivity (Wildman–Crippen MR) is 111 cm³/mol. The van der Waals surface area contributed by atoms with Crippen LogP contribution in [0.4, 0.5) is 0 Å². The molecule has 0 bridgehead atoms. The molecule has 2 aliphatic heterocycles. The van der Waals surface area contributed by atoms with E-state index in [1.807, 2.05) is 41.3 Å². The van der Waals surface area contributed by atoms with Crippen LogP contribution in [-0.4, -0.2) is 41.8 Å². The zero-order valence-electron chi connectivity index (χ0n) is 15.6. The predicted octanol–water partition coefficient (Wildman–Crippen LogP) is 4.29. The second kappa shape index (κ2) is 7.72. The summed E-state index contributed by atoms with van der Waals surface area (Å²) in [4.78, 5) is 19.1. The Morgan fingerprint density at radius 2 is 2.03 bits per heavy atom. The number of nitrogens with zero attached hydrogens (tertiary/aromatic N) is 2. The van der Waals surface area contributed by atoms with E-state index in [1.54, 1.807) is 0 Å². The minimum Gasteiger partial charge on any atom is -0.467 e. The fourth-order valence-electron chi connectivity index (χ4n) is 3.65. The van der Waals surface area contributed by atoms with Crippen LogP contribution >= 0.6 is 22.9 Å². The number of thiazole rings is 1. The Hall–Kier alpha value is -2.51. The fourth-order valence-corrected chi connectivity index (χ4v) is 4.83. The van der Waals surface area contributed by atoms with Gasteiger partial charge in [0, 0.05) is 25.9 Å². The molecule has 1 fully saturated rings. The summed E-state index contributed by atoms with van der Waals surface area (Å²) < 4.78 is 17.8. The number of likely N-dealkylation sites (tertiary alicyclic amines) is 1. The summed E-state index contributed by atoms with van der Waals surface area (Å²) in [5.74, 6) is 1.56. The van der Waals surface area contributed by atoms with E-state index in [1.165, 1.54) is 11.3 Å². The number of halogens is 1. The van der Waals surface area contributed by atoms with Crippen molar-refractivity contribution in [3.8, 4) is 16.7 Å². The maximum absolute atomic E-state index is 12.7. The summed E-state index contributed by atoms with van der Waals surface area (Å²) in [6.45, 7) is 1.60. The molecule has 0 N–H and O–H groups in total. The highest BCUT2D eigenvalue weighted by atomic mass is 35.5. The maximum atomic E-state index is 12.7. The van der Waals surface area contributed by atoms with Gasteiger partial charge in [-0.25, -0.2) is 4.98 Å². The number of para-hydroxylation sites is 1. The Balaban J connectivity index is 1.16. The summed E-state index contributed by atoms with van der Waals surface area (Å²) in [5, 5.41) is 1.27. The molecule has 3 heterocycles. The van der Waals surface area contributed by atoms with E-state index in [4.69, 9.17) is 25.8 Å². The average molecular weight is 431 g/mol. The maximum Gasteiger partial charge on any atom is 0.274 e. The zero-order chi connectivity index (χ0) is 19.8. The molecule has 0 spiro atoms. The van der Waals surface area contributed by atoms with Gasteiger partial charge >= 0.3 is 0 Å². The first kappa shape index (κ1) is 18.5. The van der Waals surface area contributed by atoms with Crippen molar-refractivity contribution in [3.63, 3.8) is 0 Å². The van der Waals surface area contributed by atoms with Crippen molar-refractivity contribution in [1.29, 1.82) is 0 Å². The van der Waals surface area contributed by atoms with Crippen LogP contribution in [0, 0.1) is 0 Å². The average Bonchev–Trinajstić information content (AvgIpc) is 3.35. The molecule has 1 saturated heterocycles. The van der Waals surface area contributed by atoms with Gasteiger partial charge < -0.3 is 19.1 Å². The molecule has 150 valence electrons. The van der Waals surface area contributed by atoms with Gasteiger partial charge in [-0.2, -0.15) is 0 Å². The van der Waals surface area contributed by atoms with Crippen LogP contribution in [0.15, 0.2) is 36.4 Å². The molecule has 0 unspecified atom stereocenters. The van der Waals surface area contributed by atoms with Crippen LogP contribution in [-0.2, 0) is 11.2 Å². The monoisotopic (exact) mass is 430 g/mol. The molecule has 1 aromatic heterocycles. The molecule has 0 radical (unpaired) electrons. The normalized spacial score (nSPS) is 16.4. The Labute approximate surface area is 177 Å². The second-order valence-electron chi connectivity index (χ2n) is 7.13. The highest BCUT2D eigenvalue weighted by Gasteiger charge is 2.25. The number of aromatic nitrogens is 1. The van der Waals surface area contributed by atoms with Gasteiger partial charge in [0.25, 0.3) is 5.19 Å². The first-order chi connectivity index (χ1) is 14.2. The third kappa shape index (κ3) is 3.84. The molecule has 0 atom stereocenters. The fraction of sp³-hybridized carbons (Fsp3) is 0.333. The van der Waals surface area contributed by atoms with E-state index in [0.717, 1.165) is 34.4 Å².